The van der Waals surface area contributed by atoms with Crippen LogP contribution in [0.25, 0.3) is 0 Å². The van der Waals surface area contributed by atoms with Crippen molar-refractivity contribution in [2.24, 2.45) is 5.41 Å². The van der Waals surface area contributed by atoms with E-state index in [9.17, 15) is 9.59 Å². The molecule has 2 aromatic carbocycles. The SMILES string of the molecule is COC(=O)[C@@]12CN(Cc3ccccc3)C[C@]1(CCCB1OC(C)(C)C(C)(C)O1)CCN2C(=O)OCc1ccccc1. The summed E-state index contributed by atoms with van der Waals surface area (Å²) in [5, 5.41) is 0. The van der Waals surface area contributed by atoms with Crippen molar-refractivity contribution in [1.82, 2.24) is 9.80 Å². The van der Waals surface area contributed by atoms with Crippen molar-refractivity contribution >= 4 is 19.2 Å². The number of fused-ring (bicyclic) bond motifs is 1. The zero-order valence-electron chi connectivity index (χ0n) is 25.1. The van der Waals surface area contributed by atoms with E-state index in [1.54, 1.807) is 4.90 Å². The highest BCUT2D eigenvalue weighted by molar-refractivity contribution is 6.45. The minimum atomic E-state index is -1.14. The molecule has 2 atom stereocenters. The van der Waals surface area contributed by atoms with Crippen LogP contribution in [0, 0.1) is 5.41 Å². The van der Waals surface area contributed by atoms with Crippen LogP contribution in [-0.2, 0) is 36.7 Å². The lowest BCUT2D eigenvalue weighted by Crippen LogP contribution is -2.62. The van der Waals surface area contributed by atoms with Crippen LogP contribution < -0.4 is 0 Å². The molecule has 5 rings (SSSR count). The third kappa shape index (κ3) is 5.52. The quantitative estimate of drug-likeness (QED) is 0.303. The molecule has 0 aliphatic carbocycles. The Hall–Kier alpha value is -2.88. The summed E-state index contributed by atoms with van der Waals surface area (Å²) >= 11 is 0. The molecule has 3 aliphatic heterocycles. The fourth-order valence-electron chi connectivity index (χ4n) is 6.94. The number of benzene rings is 2. The van der Waals surface area contributed by atoms with Crippen molar-refractivity contribution in [2.45, 2.75) is 83.2 Å². The van der Waals surface area contributed by atoms with Gasteiger partial charge in [0, 0.05) is 31.6 Å². The summed E-state index contributed by atoms with van der Waals surface area (Å²) in [6.07, 6.45) is 2.45. The normalized spacial score (nSPS) is 26.7. The van der Waals surface area contributed by atoms with E-state index in [-0.39, 0.29) is 19.7 Å². The Balaban J connectivity index is 1.39. The summed E-state index contributed by atoms with van der Waals surface area (Å²) in [4.78, 5) is 31.5. The van der Waals surface area contributed by atoms with Crippen LogP contribution in [0.4, 0.5) is 4.79 Å². The highest BCUT2D eigenvalue weighted by Gasteiger charge is 2.70. The number of ether oxygens (including phenoxy) is 2. The molecule has 2 aromatic rings. The Labute approximate surface area is 244 Å². The second kappa shape index (κ2) is 11.4. The fourth-order valence-corrected chi connectivity index (χ4v) is 6.94. The fraction of sp³-hybridized carbons (Fsp3) is 0.562. The van der Waals surface area contributed by atoms with Crippen molar-refractivity contribution in [3.05, 3.63) is 71.8 Å². The van der Waals surface area contributed by atoms with E-state index >= 15 is 0 Å². The van der Waals surface area contributed by atoms with Gasteiger partial charge in [0.15, 0.2) is 5.54 Å². The second-order valence-corrected chi connectivity index (χ2v) is 12.8. The standard InChI is InChI=1S/C32H43BN2O6/c1-29(2)30(3,4)41-33(40-29)19-12-17-31-18-20-35(28(37)39-22-26-15-10-7-11-16-26)32(31,27(36)38-5)24-34(23-31)21-25-13-8-6-9-14-25/h6-11,13-16H,12,17-24H2,1-5H3/t31-,32-/m0/s1. The van der Waals surface area contributed by atoms with Gasteiger partial charge in [-0.2, -0.15) is 0 Å². The van der Waals surface area contributed by atoms with Gasteiger partial charge in [-0.15, -0.1) is 0 Å². The zero-order valence-corrected chi connectivity index (χ0v) is 25.1. The number of carbonyl (C=O) groups excluding carboxylic acids is 2. The van der Waals surface area contributed by atoms with Gasteiger partial charge in [0.1, 0.15) is 6.61 Å². The molecule has 3 saturated heterocycles. The topological polar surface area (TPSA) is 77.5 Å². The van der Waals surface area contributed by atoms with Gasteiger partial charge < -0.3 is 18.8 Å². The molecule has 0 unspecified atom stereocenters. The van der Waals surface area contributed by atoms with E-state index in [0.717, 1.165) is 24.0 Å². The first-order valence-corrected chi connectivity index (χ1v) is 14.7. The predicted octanol–water partition coefficient (Wildman–Crippen LogP) is 5.32. The molecule has 3 heterocycles. The van der Waals surface area contributed by atoms with Crippen molar-refractivity contribution in [1.29, 1.82) is 0 Å². The van der Waals surface area contributed by atoms with Crippen LogP contribution in [0.3, 0.4) is 0 Å². The summed E-state index contributed by atoms with van der Waals surface area (Å²) in [5.74, 6) is -0.377. The molecule has 41 heavy (non-hydrogen) atoms. The van der Waals surface area contributed by atoms with Crippen LogP contribution in [0.5, 0.6) is 0 Å². The number of methoxy groups -OCH3 is 1. The largest absolute Gasteiger partial charge is 0.467 e. The van der Waals surface area contributed by atoms with Crippen molar-refractivity contribution in [3.63, 3.8) is 0 Å². The van der Waals surface area contributed by atoms with Gasteiger partial charge in [0.2, 0.25) is 0 Å². The van der Waals surface area contributed by atoms with Crippen LogP contribution in [-0.4, -0.2) is 72.5 Å². The monoisotopic (exact) mass is 562 g/mol. The third-order valence-electron chi connectivity index (χ3n) is 9.73. The number of hydrogen-bond donors (Lipinski definition) is 0. The van der Waals surface area contributed by atoms with Gasteiger partial charge >= 0.3 is 19.2 Å². The maximum atomic E-state index is 13.9. The Morgan fingerprint density at radius 3 is 2.12 bits per heavy atom. The zero-order chi connectivity index (χ0) is 29.3. The van der Waals surface area contributed by atoms with Crippen molar-refractivity contribution < 1.29 is 28.4 Å². The van der Waals surface area contributed by atoms with Crippen molar-refractivity contribution in [3.8, 4) is 0 Å². The number of nitrogens with zero attached hydrogens (tertiary/aromatic N) is 2. The first kappa shape index (κ1) is 29.6. The molecule has 9 heteroatoms. The summed E-state index contributed by atoms with van der Waals surface area (Å²) in [7, 11) is 1.11. The van der Waals surface area contributed by atoms with Crippen LogP contribution in [0.2, 0.25) is 6.32 Å². The molecule has 8 nitrogen and oxygen atoms in total. The summed E-state index contributed by atoms with van der Waals surface area (Å²) < 4.78 is 23.8. The minimum Gasteiger partial charge on any atom is -0.467 e. The van der Waals surface area contributed by atoms with E-state index in [1.165, 1.54) is 7.11 Å². The van der Waals surface area contributed by atoms with Crippen molar-refractivity contribution in [2.75, 3.05) is 26.7 Å². The average Bonchev–Trinajstić information content (AvgIpc) is 3.50. The van der Waals surface area contributed by atoms with Crippen LogP contribution >= 0.6 is 0 Å². The highest BCUT2D eigenvalue weighted by Crippen LogP contribution is 2.55. The number of carbonyl (C=O) groups is 2. The van der Waals surface area contributed by atoms with Gasteiger partial charge in [0.25, 0.3) is 0 Å². The van der Waals surface area contributed by atoms with Crippen LogP contribution in [0.15, 0.2) is 60.7 Å². The number of amides is 1. The molecule has 220 valence electrons. The number of likely N-dealkylation sites (tertiary alicyclic amines) is 2. The van der Waals surface area contributed by atoms with Gasteiger partial charge in [-0.1, -0.05) is 67.1 Å². The molecule has 0 saturated carbocycles. The number of rotatable bonds is 9. The summed E-state index contributed by atoms with van der Waals surface area (Å²) in [6.45, 7) is 10.6. The predicted molar refractivity (Wildman–Crippen MR) is 157 cm³/mol. The summed E-state index contributed by atoms with van der Waals surface area (Å²) in [5.41, 5.74) is -0.336. The Bertz CT molecular complexity index is 1210. The molecule has 0 bridgehead atoms. The molecular weight excluding hydrogens is 519 g/mol. The number of hydrogen-bond acceptors (Lipinski definition) is 7. The van der Waals surface area contributed by atoms with Gasteiger partial charge in [-0.05, 0) is 58.0 Å². The summed E-state index contributed by atoms with van der Waals surface area (Å²) in [6, 6.07) is 19.8. The van der Waals surface area contributed by atoms with Gasteiger partial charge in [-0.3, -0.25) is 9.80 Å². The van der Waals surface area contributed by atoms with E-state index in [2.05, 4.69) is 44.7 Å². The van der Waals surface area contributed by atoms with Gasteiger partial charge in [-0.25, -0.2) is 9.59 Å². The van der Waals surface area contributed by atoms with E-state index < -0.39 is 28.2 Å². The van der Waals surface area contributed by atoms with Gasteiger partial charge in [0.05, 0.1) is 18.3 Å². The molecule has 0 radical (unpaired) electrons. The first-order valence-electron chi connectivity index (χ1n) is 14.7. The lowest BCUT2D eigenvalue weighted by atomic mass is 9.67. The molecule has 0 aromatic heterocycles. The maximum absolute atomic E-state index is 13.9. The molecule has 1 amide bonds. The smallest absolute Gasteiger partial charge is 0.457 e. The van der Waals surface area contributed by atoms with E-state index in [0.29, 0.717) is 38.9 Å². The van der Waals surface area contributed by atoms with E-state index in [1.807, 2.05) is 48.5 Å². The second-order valence-electron chi connectivity index (χ2n) is 12.8. The Morgan fingerprint density at radius 2 is 1.51 bits per heavy atom. The Kier molecular flexibility index (Phi) is 8.25. The lowest BCUT2D eigenvalue weighted by molar-refractivity contribution is -0.156. The molecular formula is C32H43BN2O6. The maximum Gasteiger partial charge on any atom is 0.457 e. The molecule has 0 N–H and O–H groups in total. The third-order valence-corrected chi connectivity index (χ3v) is 9.73. The lowest BCUT2D eigenvalue weighted by Gasteiger charge is -2.41. The highest BCUT2D eigenvalue weighted by atomic mass is 16.7. The van der Waals surface area contributed by atoms with Crippen LogP contribution in [0.1, 0.15) is 58.1 Å². The Morgan fingerprint density at radius 1 is 0.902 bits per heavy atom. The minimum absolute atomic E-state index is 0.149. The number of esters is 1. The first-order chi connectivity index (χ1) is 19.5. The van der Waals surface area contributed by atoms with E-state index in [4.69, 9.17) is 18.8 Å². The average molecular weight is 563 g/mol. The molecule has 3 aliphatic rings. The molecule has 0 spiro atoms. The molecule has 3 fully saturated rings.